The SMILES string of the molecule is CN(CCN(C)C(C)(C)C)C(=O)c1cccnc1. The van der Waals surface area contributed by atoms with E-state index in [4.69, 9.17) is 0 Å². The van der Waals surface area contributed by atoms with Crippen molar-refractivity contribution in [3.8, 4) is 0 Å². The highest BCUT2D eigenvalue weighted by Gasteiger charge is 2.18. The Morgan fingerprint density at radius 2 is 1.94 bits per heavy atom. The molecule has 1 rings (SSSR count). The molecule has 4 nitrogen and oxygen atoms in total. The maximum absolute atomic E-state index is 12.1. The van der Waals surface area contributed by atoms with E-state index in [0.717, 1.165) is 6.54 Å². The minimum Gasteiger partial charge on any atom is -0.340 e. The zero-order valence-electron chi connectivity index (χ0n) is 12.0. The second-order valence-corrected chi connectivity index (χ2v) is 5.56. The van der Waals surface area contributed by atoms with Crippen molar-refractivity contribution >= 4 is 5.91 Å². The molecule has 0 aliphatic heterocycles. The first-order chi connectivity index (χ1) is 8.32. The van der Waals surface area contributed by atoms with Crippen LogP contribution in [0.1, 0.15) is 31.1 Å². The van der Waals surface area contributed by atoms with Gasteiger partial charge >= 0.3 is 0 Å². The second kappa shape index (κ2) is 5.96. The molecule has 1 amide bonds. The van der Waals surface area contributed by atoms with Crippen LogP contribution in [0.25, 0.3) is 0 Å². The Morgan fingerprint density at radius 1 is 1.28 bits per heavy atom. The van der Waals surface area contributed by atoms with E-state index >= 15 is 0 Å². The van der Waals surface area contributed by atoms with E-state index in [1.54, 1.807) is 29.4 Å². The van der Waals surface area contributed by atoms with Crippen LogP contribution in [0.5, 0.6) is 0 Å². The predicted octanol–water partition coefficient (Wildman–Crippen LogP) is 1.88. The minimum atomic E-state index is 0.0189. The summed E-state index contributed by atoms with van der Waals surface area (Å²) in [7, 11) is 3.90. The number of pyridine rings is 1. The Kier molecular flexibility index (Phi) is 4.84. The molecule has 0 spiro atoms. The summed E-state index contributed by atoms with van der Waals surface area (Å²) >= 11 is 0. The molecule has 0 aliphatic carbocycles. The molecule has 0 unspecified atom stereocenters. The fourth-order valence-corrected chi connectivity index (χ4v) is 1.45. The third kappa shape index (κ3) is 4.11. The van der Waals surface area contributed by atoms with Crippen molar-refractivity contribution in [2.45, 2.75) is 26.3 Å². The number of carbonyl (C=O) groups is 1. The Balaban J connectivity index is 2.52. The molecule has 4 heteroatoms. The van der Waals surface area contributed by atoms with Gasteiger partial charge in [-0.3, -0.25) is 14.7 Å². The fourth-order valence-electron chi connectivity index (χ4n) is 1.45. The van der Waals surface area contributed by atoms with E-state index in [0.29, 0.717) is 12.1 Å². The predicted molar refractivity (Wildman–Crippen MR) is 73.6 cm³/mol. The number of hydrogen-bond donors (Lipinski definition) is 0. The number of hydrogen-bond acceptors (Lipinski definition) is 3. The van der Waals surface area contributed by atoms with E-state index in [2.05, 4.69) is 37.7 Å². The molecule has 0 aromatic carbocycles. The van der Waals surface area contributed by atoms with Crippen LogP contribution in [0.3, 0.4) is 0 Å². The zero-order chi connectivity index (χ0) is 13.8. The van der Waals surface area contributed by atoms with Gasteiger partial charge in [-0.05, 0) is 40.0 Å². The lowest BCUT2D eigenvalue weighted by Gasteiger charge is -2.33. The lowest BCUT2D eigenvalue weighted by atomic mass is 10.1. The van der Waals surface area contributed by atoms with Crippen molar-refractivity contribution in [1.29, 1.82) is 0 Å². The number of rotatable bonds is 4. The van der Waals surface area contributed by atoms with Crippen LogP contribution in [-0.2, 0) is 0 Å². The van der Waals surface area contributed by atoms with Crippen molar-refractivity contribution in [2.24, 2.45) is 0 Å². The van der Waals surface area contributed by atoms with E-state index in [1.165, 1.54) is 0 Å². The van der Waals surface area contributed by atoms with Gasteiger partial charge < -0.3 is 4.90 Å². The number of aromatic nitrogens is 1. The number of nitrogens with zero attached hydrogens (tertiary/aromatic N) is 3. The first kappa shape index (κ1) is 14.6. The molecule has 1 heterocycles. The van der Waals surface area contributed by atoms with Crippen LogP contribution >= 0.6 is 0 Å². The van der Waals surface area contributed by atoms with E-state index in [9.17, 15) is 4.79 Å². The summed E-state index contributed by atoms with van der Waals surface area (Å²) in [5.41, 5.74) is 0.761. The molecule has 0 aliphatic rings. The average Bonchev–Trinajstić information content (AvgIpc) is 2.34. The van der Waals surface area contributed by atoms with E-state index < -0.39 is 0 Å². The number of carbonyl (C=O) groups excluding carboxylic acids is 1. The number of likely N-dealkylation sites (N-methyl/N-ethyl adjacent to an activating group) is 2. The molecule has 1 aromatic heterocycles. The van der Waals surface area contributed by atoms with Gasteiger partial charge in [0.05, 0.1) is 5.56 Å². The second-order valence-electron chi connectivity index (χ2n) is 5.56. The van der Waals surface area contributed by atoms with Crippen LogP contribution < -0.4 is 0 Å². The maximum Gasteiger partial charge on any atom is 0.255 e. The monoisotopic (exact) mass is 249 g/mol. The summed E-state index contributed by atoms with van der Waals surface area (Å²) < 4.78 is 0. The third-order valence-electron chi connectivity index (χ3n) is 3.17. The summed E-state index contributed by atoms with van der Waals surface area (Å²) in [5, 5.41) is 0. The maximum atomic E-state index is 12.1. The van der Waals surface area contributed by atoms with Crippen molar-refractivity contribution in [2.75, 3.05) is 27.2 Å². The first-order valence-electron chi connectivity index (χ1n) is 6.19. The molecule has 0 saturated heterocycles. The lowest BCUT2D eigenvalue weighted by molar-refractivity contribution is 0.0757. The van der Waals surface area contributed by atoms with Crippen LogP contribution in [0.4, 0.5) is 0 Å². The molecule has 0 fully saturated rings. The molecule has 0 atom stereocenters. The van der Waals surface area contributed by atoms with Gasteiger partial charge in [0.25, 0.3) is 5.91 Å². The van der Waals surface area contributed by atoms with Crippen molar-refractivity contribution in [1.82, 2.24) is 14.8 Å². The van der Waals surface area contributed by atoms with Gasteiger partial charge in [0.1, 0.15) is 0 Å². The van der Waals surface area contributed by atoms with Crippen LogP contribution in [0.15, 0.2) is 24.5 Å². The van der Waals surface area contributed by atoms with Gasteiger partial charge in [-0.2, -0.15) is 0 Å². The van der Waals surface area contributed by atoms with Gasteiger partial charge in [0, 0.05) is 38.1 Å². The molecule has 0 saturated carbocycles. The van der Waals surface area contributed by atoms with Crippen LogP contribution in [-0.4, -0.2) is 53.4 Å². The van der Waals surface area contributed by atoms with Crippen molar-refractivity contribution in [3.05, 3.63) is 30.1 Å². The molecule has 1 aromatic rings. The third-order valence-corrected chi connectivity index (χ3v) is 3.17. The van der Waals surface area contributed by atoms with E-state index in [1.807, 2.05) is 7.05 Å². The Labute approximate surface area is 110 Å². The Hall–Kier alpha value is -1.42. The molecule has 0 radical (unpaired) electrons. The smallest absolute Gasteiger partial charge is 0.255 e. The average molecular weight is 249 g/mol. The van der Waals surface area contributed by atoms with E-state index in [-0.39, 0.29) is 11.4 Å². The summed E-state index contributed by atoms with van der Waals surface area (Å²) in [4.78, 5) is 20.0. The van der Waals surface area contributed by atoms with Crippen molar-refractivity contribution < 1.29 is 4.79 Å². The normalized spacial score (nSPS) is 11.7. The highest BCUT2D eigenvalue weighted by atomic mass is 16.2. The van der Waals surface area contributed by atoms with Crippen LogP contribution in [0.2, 0.25) is 0 Å². The highest BCUT2D eigenvalue weighted by Crippen LogP contribution is 2.10. The van der Waals surface area contributed by atoms with Gasteiger partial charge in [-0.15, -0.1) is 0 Å². The topological polar surface area (TPSA) is 36.4 Å². The summed E-state index contributed by atoms with van der Waals surface area (Å²) in [6.45, 7) is 8.05. The molecule has 18 heavy (non-hydrogen) atoms. The highest BCUT2D eigenvalue weighted by molar-refractivity contribution is 5.93. The Bertz CT molecular complexity index is 384. The summed E-state index contributed by atoms with van der Waals surface area (Å²) in [6, 6.07) is 3.57. The lowest BCUT2D eigenvalue weighted by Crippen LogP contribution is -2.43. The molecule has 100 valence electrons. The quantitative estimate of drug-likeness (QED) is 0.817. The summed E-state index contributed by atoms with van der Waals surface area (Å²) in [5.74, 6) is 0.0189. The minimum absolute atomic E-state index is 0.0189. The molecular formula is C14H23N3O. The summed E-state index contributed by atoms with van der Waals surface area (Å²) in [6.07, 6.45) is 3.27. The largest absolute Gasteiger partial charge is 0.340 e. The Morgan fingerprint density at radius 3 is 2.44 bits per heavy atom. The number of amides is 1. The standard InChI is InChI=1S/C14H23N3O/c1-14(2,3)17(5)10-9-16(4)13(18)12-7-6-8-15-11-12/h6-8,11H,9-10H2,1-5H3. The zero-order valence-corrected chi connectivity index (χ0v) is 12.0. The van der Waals surface area contributed by atoms with Crippen molar-refractivity contribution in [3.63, 3.8) is 0 Å². The van der Waals surface area contributed by atoms with Gasteiger partial charge in [-0.25, -0.2) is 0 Å². The molecule has 0 bridgehead atoms. The molecule has 0 N–H and O–H groups in total. The van der Waals surface area contributed by atoms with Gasteiger partial charge in [0.2, 0.25) is 0 Å². The van der Waals surface area contributed by atoms with Gasteiger partial charge in [-0.1, -0.05) is 0 Å². The molecular weight excluding hydrogens is 226 g/mol. The van der Waals surface area contributed by atoms with Gasteiger partial charge in [0.15, 0.2) is 0 Å². The first-order valence-corrected chi connectivity index (χ1v) is 6.19. The fraction of sp³-hybridized carbons (Fsp3) is 0.571. The van der Waals surface area contributed by atoms with Crippen LogP contribution in [0, 0.1) is 0 Å².